The van der Waals surface area contributed by atoms with Crippen molar-refractivity contribution in [2.24, 2.45) is 0 Å². The average Bonchev–Trinajstić information content (AvgIpc) is 3.40. The molecule has 2 aromatic rings. The molecule has 0 aliphatic heterocycles. The Kier molecular flexibility index (Phi) is 4.83. The number of urea groups is 1. The number of hydrogen-bond acceptors (Lipinski definition) is 2. The first-order valence-electron chi connectivity index (χ1n) is 7.97. The summed E-state index contributed by atoms with van der Waals surface area (Å²) in [4.78, 5) is 23.8. The van der Waals surface area contributed by atoms with Crippen LogP contribution in [-0.4, -0.2) is 18.0 Å². The van der Waals surface area contributed by atoms with E-state index in [4.69, 9.17) is 0 Å². The van der Waals surface area contributed by atoms with Gasteiger partial charge in [0.25, 0.3) is 5.91 Å². The smallest absolute Gasteiger partial charge is 0.335 e. The molecular weight excluding hydrogens is 347 g/mol. The van der Waals surface area contributed by atoms with Crippen molar-refractivity contribution >= 4 is 23.3 Å². The predicted molar refractivity (Wildman–Crippen MR) is 91.0 cm³/mol. The van der Waals surface area contributed by atoms with Crippen LogP contribution in [0.15, 0.2) is 48.5 Å². The van der Waals surface area contributed by atoms with Gasteiger partial charge in [0.05, 0.1) is 5.56 Å². The zero-order valence-corrected chi connectivity index (χ0v) is 13.6. The third-order valence-corrected chi connectivity index (χ3v) is 3.77. The fraction of sp³-hybridized carbons (Fsp3) is 0.222. The summed E-state index contributed by atoms with van der Waals surface area (Å²) in [6, 6.07) is 10.4. The fourth-order valence-corrected chi connectivity index (χ4v) is 2.26. The standard InChI is InChI=1S/C18H16F3N3O2/c19-18(20,21)12-3-1-2-11(10-12)16(25)22-13-4-6-14(7-5-13)23-17(26)24-15-8-9-15/h1-7,10,15H,8-9H2,(H,22,25)(H2,23,24,26). The van der Waals surface area contributed by atoms with Crippen LogP contribution in [0.5, 0.6) is 0 Å². The highest BCUT2D eigenvalue weighted by Gasteiger charge is 2.30. The Morgan fingerprint density at radius 1 is 0.923 bits per heavy atom. The van der Waals surface area contributed by atoms with E-state index in [0.717, 1.165) is 25.0 Å². The second-order valence-corrected chi connectivity index (χ2v) is 5.98. The molecule has 0 atom stereocenters. The lowest BCUT2D eigenvalue weighted by Crippen LogP contribution is -2.30. The molecule has 136 valence electrons. The quantitative estimate of drug-likeness (QED) is 0.760. The summed E-state index contributed by atoms with van der Waals surface area (Å²) in [6.45, 7) is 0. The SMILES string of the molecule is O=C(Nc1ccc(NC(=O)c2cccc(C(F)(F)F)c2)cc1)NC1CC1. The van der Waals surface area contributed by atoms with E-state index in [1.165, 1.54) is 12.1 Å². The van der Waals surface area contributed by atoms with Crippen LogP contribution in [0.2, 0.25) is 0 Å². The van der Waals surface area contributed by atoms with Crippen LogP contribution in [0.1, 0.15) is 28.8 Å². The highest BCUT2D eigenvalue weighted by atomic mass is 19.4. The Bertz CT molecular complexity index is 815. The zero-order valence-electron chi connectivity index (χ0n) is 13.6. The van der Waals surface area contributed by atoms with Gasteiger partial charge in [0.15, 0.2) is 0 Å². The molecule has 1 fully saturated rings. The van der Waals surface area contributed by atoms with Gasteiger partial charge < -0.3 is 16.0 Å². The number of benzene rings is 2. The number of carbonyl (C=O) groups is 2. The molecule has 2 aromatic carbocycles. The summed E-state index contributed by atoms with van der Waals surface area (Å²) in [6.07, 6.45) is -2.55. The first kappa shape index (κ1) is 17.8. The van der Waals surface area contributed by atoms with Crippen LogP contribution in [0.25, 0.3) is 0 Å². The molecule has 0 saturated heterocycles. The molecule has 3 N–H and O–H groups in total. The van der Waals surface area contributed by atoms with Gasteiger partial charge >= 0.3 is 12.2 Å². The highest BCUT2D eigenvalue weighted by molar-refractivity contribution is 6.04. The summed E-state index contributed by atoms with van der Waals surface area (Å²) in [7, 11) is 0. The number of halogens is 3. The summed E-state index contributed by atoms with van der Waals surface area (Å²) >= 11 is 0. The topological polar surface area (TPSA) is 70.2 Å². The van der Waals surface area contributed by atoms with Crippen molar-refractivity contribution in [3.05, 3.63) is 59.7 Å². The van der Waals surface area contributed by atoms with E-state index in [2.05, 4.69) is 16.0 Å². The van der Waals surface area contributed by atoms with Crippen LogP contribution < -0.4 is 16.0 Å². The molecule has 3 amide bonds. The molecule has 26 heavy (non-hydrogen) atoms. The van der Waals surface area contributed by atoms with Gasteiger partial charge in [0.1, 0.15) is 0 Å². The molecule has 0 bridgehead atoms. The second-order valence-electron chi connectivity index (χ2n) is 5.98. The van der Waals surface area contributed by atoms with E-state index in [1.54, 1.807) is 24.3 Å². The first-order valence-corrected chi connectivity index (χ1v) is 7.97. The molecule has 0 radical (unpaired) electrons. The number of hydrogen-bond donors (Lipinski definition) is 3. The van der Waals surface area contributed by atoms with Crippen LogP contribution in [0.3, 0.4) is 0 Å². The van der Waals surface area contributed by atoms with Crippen LogP contribution in [-0.2, 0) is 6.18 Å². The lowest BCUT2D eigenvalue weighted by Gasteiger charge is -2.10. The minimum absolute atomic E-state index is 0.0918. The Morgan fingerprint density at radius 2 is 1.54 bits per heavy atom. The van der Waals surface area contributed by atoms with Crippen molar-refractivity contribution in [2.75, 3.05) is 10.6 Å². The third-order valence-electron chi connectivity index (χ3n) is 3.77. The summed E-state index contributed by atoms with van der Waals surface area (Å²) in [5.41, 5.74) is -0.0296. The second kappa shape index (κ2) is 7.07. The van der Waals surface area contributed by atoms with E-state index < -0.39 is 17.6 Å². The van der Waals surface area contributed by atoms with Gasteiger partial charge in [-0.05, 0) is 55.3 Å². The minimum Gasteiger partial charge on any atom is -0.335 e. The molecule has 0 aromatic heterocycles. The summed E-state index contributed by atoms with van der Waals surface area (Å²) in [5, 5.41) is 7.96. The number of rotatable bonds is 4. The molecule has 0 spiro atoms. The molecule has 5 nitrogen and oxygen atoms in total. The first-order chi connectivity index (χ1) is 12.3. The molecule has 1 aliphatic rings. The minimum atomic E-state index is -4.51. The molecular formula is C18H16F3N3O2. The van der Waals surface area contributed by atoms with Gasteiger partial charge in [-0.2, -0.15) is 13.2 Å². The molecule has 0 heterocycles. The van der Waals surface area contributed by atoms with Gasteiger partial charge in [-0.1, -0.05) is 6.07 Å². The molecule has 1 aliphatic carbocycles. The largest absolute Gasteiger partial charge is 0.416 e. The Balaban J connectivity index is 1.61. The van der Waals surface area contributed by atoms with Gasteiger partial charge in [-0.25, -0.2) is 4.79 Å². The van der Waals surface area contributed by atoms with E-state index >= 15 is 0 Å². The van der Waals surface area contributed by atoms with Crippen LogP contribution in [0, 0.1) is 0 Å². The van der Waals surface area contributed by atoms with E-state index in [1.807, 2.05) is 0 Å². The zero-order chi connectivity index (χ0) is 18.7. The lowest BCUT2D eigenvalue weighted by atomic mass is 10.1. The van der Waals surface area contributed by atoms with E-state index in [0.29, 0.717) is 11.4 Å². The van der Waals surface area contributed by atoms with Gasteiger partial charge in [-0.15, -0.1) is 0 Å². The number of amides is 3. The van der Waals surface area contributed by atoms with E-state index in [9.17, 15) is 22.8 Å². The number of carbonyl (C=O) groups excluding carboxylic acids is 2. The Labute approximate surface area is 147 Å². The third kappa shape index (κ3) is 4.75. The Morgan fingerprint density at radius 3 is 2.12 bits per heavy atom. The maximum absolute atomic E-state index is 12.7. The van der Waals surface area contributed by atoms with Crippen molar-refractivity contribution in [1.82, 2.24) is 5.32 Å². The predicted octanol–water partition coefficient (Wildman–Crippen LogP) is 4.24. The fourth-order valence-electron chi connectivity index (χ4n) is 2.26. The number of alkyl halides is 3. The van der Waals surface area contributed by atoms with Crippen molar-refractivity contribution in [1.29, 1.82) is 0 Å². The van der Waals surface area contributed by atoms with Crippen molar-refractivity contribution in [3.63, 3.8) is 0 Å². The molecule has 1 saturated carbocycles. The van der Waals surface area contributed by atoms with E-state index in [-0.39, 0.29) is 17.6 Å². The van der Waals surface area contributed by atoms with Gasteiger partial charge in [0, 0.05) is 23.0 Å². The molecule has 3 rings (SSSR count). The number of anilines is 2. The maximum Gasteiger partial charge on any atom is 0.416 e. The van der Waals surface area contributed by atoms with Crippen LogP contribution >= 0.6 is 0 Å². The van der Waals surface area contributed by atoms with Crippen molar-refractivity contribution in [3.8, 4) is 0 Å². The summed E-state index contributed by atoms with van der Waals surface area (Å²) < 4.78 is 38.2. The molecule has 0 unspecified atom stereocenters. The van der Waals surface area contributed by atoms with Crippen molar-refractivity contribution in [2.45, 2.75) is 25.1 Å². The van der Waals surface area contributed by atoms with Crippen LogP contribution in [0.4, 0.5) is 29.3 Å². The summed E-state index contributed by atoms with van der Waals surface area (Å²) in [5.74, 6) is -0.650. The number of nitrogens with one attached hydrogen (secondary N) is 3. The maximum atomic E-state index is 12.7. The highest BCUT2D eigenvalue weighted by Crippen LogP contribution is 2.29. The van der Waals surface area contributed by atoms with Gasteiger partial charge in [0.2, 0.25) is 0 Å². The lowest BCUT2D eigenvalue weighted by molar-refractivity contribution is -0.137. The van der Waals surface area contributed by atoms with Crippen molar-refractivity contribution < 1.29 is 22.8 Å². The average molecular weight is 363 g/mol. The molecule has 8 heteroatoms. The van der Waals surface area contributed by atoms with Gasteiger partial charge in [-0.3, -0.25) is 4.79 Å². The monoisotopic (exact) mass is 363 g/mol. The normalized spacial score (nSPS) is 13.8. The Hall–Kier alpha value is -3.03.